The Kier molecular flexibility index (Phi) is 4.40. The van der Waals surface area contributed by atoms with E-state index in [1.165, 1.54) is 11.3 Å². The van der Waals surface area contributed by atoms with Crippen LogP contribution in [0.4, 0.5) is 0 Å². The van der Waals surface area contributed by atoms with Gasteiger partial charge in [-0.15, -0.1) is 21.5 Å². The zero-order valence-electron chi connectivity index (χ0n) is 15.2. The van der Waals surface area contributed by atoms with Crippen molar-refractivity contribution >= 4 is 22.9 Å². The van der Waals surface area contributed by atoms with Crippen LogP contribution in [-0.2, 0) is 11.2 Å². The van der Waals surface area contributed by atoms with E-state index in [2.05, 4.69) is 15.2 Å². The molecule has 4 aromatic heterocycles. The van der Waals surface area contributed by atoms with Crippen LogP contribution in [0.2, 0.25) is 0 Å². The third kappa shape index (κ3) is 3.20. The maximum Gasteiger partial charge on any atom is 0.228 e. The summed E-state index contributed by atoms with van der Waals surface area (Å²) >= 11 is 1.50. The van der Waals surface area contributed by atoms with Gasteiger partial charge >= 0.3 is 0 Å². The molecule has 0 saturated carbocycles. The van der Waals surface area contributed by atoms with Crippen molar-refractivity contribution in [3.8, 4) is 10.8 Å². The number of thiazole rings is 1. The average Bonchev–Trinajstić information content (AvgIpc) is 3.48. The molecular weight excluding hydrogens is 374 g/mol. The smallest absolute Gasteiger partial charge is 0.228 e. The molecule has 1 fully saturated rings. The van der Waals surface area contributed by atoms with Crippen molar-refractivity contribution < 1.29 is 9.21 Å². The fraction of sp³-hybridized carbons (Fsp3) is 0.300. The summed E-state index contributed by atoms with van der Waals surface area (Å²) in [4.78, 5) is 19.3. The minimum atomic E-state index is 0.106. The summed E-state index contributed by atoms with van der Waals surface area (Å²) in [5, 5.41) is 11.4. The van der Waals surface area contributed by atoms with Gasteiger partial charge in [0.2, 0.25) is 5.91 Å². The molecule has 5 rings (SSSR count). The number of rotatable bonds is 4. The molecule has 8 heteroatoms. The number of hydrogen-bond acceptors (Lipinski definition) is 6. The van der Waals surface area contributed by atoms with Crippen LogP contribution < -0.4 is 0 Å². The van der Waals surface area contributed by atoms with Gasteiger partial charge in [0.15, 0.2) is 16.4 Å². The Hall–Kier alpha value is -3.00. The minimum absolute atomic E-state index is 0.106. The van der Waals surface area contributed by atoms with Gasteiger partial charge in [0.25, 0.3) is 0 Å². The third-order valence-electron chi connectivity index (χ3n) is 5.10. The van der Waals surface area contributed by atoms with Crippen molar-refractivity contribution in [3.05, 3.63) is 59.7 Å². The maximum atomic E-state index is 12.9. The number of amides is 1. The van der Waals surface area contributed by atoms with E-state index in [9.17, 15) is 4.79 Å². The number of pyridine rings is 1. The van der Waals surface area contributed by atoms with E-state index in [0.29, 0.717) is 13.0 Å². The van der Waals surface area contributed by atoms with Gasteiger partial charge < -0.3 is 9.32 Å². The fourth-order valence-electron chi connectivity index (χ4n) is 3.72. The second kappa shape index (κ2) is 7.20. The van der Waals surface area contributed by atoms with E-state index in [0.717, 1.165) is 47.3 Å². The van der Waals surface area contributed by atoms with E-state index in [1.54, 1.807) is 6.26 Å². The van der Waals surface area contributed by atoms with Crippen molar-refractivity contribution in [2.75, 3.05) is 13.1 Å². The summed E-state index contributed by atoms with van der Waals surface area (Å²) < 4.78 is 7.40. The molecule has 1 aliphatic heterocycles. The van der Waals surface area contributed by atoms with Crippen LogP contribution in [0, 0.1) is 0 Å². The Labute approximate surface area is 165 Å². The molecule has 5 heterocycles. The van der Waals surface area contributed by atoms with Gasteiger partial charge in [0, 0.05) is 30.6 Å². The van der Waals surface area contributed by atoms with E-state index in [1.807, 2.05) is 51.2 Å². The van der Waals surface area contributed by atoms with E-state index in [-0.39, 0.29) is 11.8 Å². The molecule has 0 aromatic carbocycles. The third-order valence-corrected chi connectivity index (χ3v) is 6.00. The summed E-state index contributed by atoms with van der Waals surface area (Å²) in [5.41, 5.74) is 1.63. The average molecular weight is 393 g/mol. The molecule has 1 aliphatic rings. The monoisotopic (exact) mass is 393 g/mol. The first-order valence-corrected chi connectivity index (χ1v) is 10.2. The molecule has 0 aliphatic carbocycles. The molecule has 0 spiro atoms. The normalized spacial score (nSPS) is 17.3. The Morgan fingerprint density at radius 3 is 3.11 bits per heavy atom. The Bertz CT molecular complexity index is 1100. The van der Waals surface area contributed by atoms with E-state index < -0.39 is 0 Å². The van der Waals surface area contributed by atoms with E-state index >= 15 is 0 Å². The summed E-state index contributed by atoms with van der Waals surface area (Å²) in [6.07, 6.45) is 5.90. The number of nitrogens with zero attached hydrogens (tertiary/aromatic N) is 5. The molecule has 0 radical (unpaired) electrons. The number of fused-ring (bicyclic) bond motifs is 1. The number of hydrogen-bond donors (Lipinski definition) is 0. The van der Waals surface area contributed by atoms with Crippen molar-refractivity contribution in [3.63, 3.8) is 0 Å². The van der Waals surface area contributed by atoms with Crippen LogP contribution >= 0.6 is 11.3 Å². The van der Waals surface area contributed by atoms with Crippen LogP contribution in [0.3, 0.4) is 0 Å². The van der Waals surface area contributed by atoms with Crippen molar-refractivity contribution in [2.24, 2.45) is 0 Å². The molecule has 1 amide bonds. The van der Waals surface area contributed by atoms with Gasteiger partial charge in [-0.1, -0.05) is 6.07 Å². The molecule has 1 atom stereocenters. The number of piperidine rings is 1. The van der Waals surface area contributed by atoms with Crippen LogP contribution in [-0.4, -0.2) is 43.5 Å². The molecule has 0 bridgehead atoms. The van der Waals surface area contributed by atoms with Crippen LogP contribution in [0.1, 0.15) is 30.3 Å². The number of aromatic nitrogens is 4. The summed E-state index contributed by atoms with van der Waals surface area (Å²) in [5.74, 6) is 1.97. The summed E-state index contributed by atoms with van der Waals surface area (Å²) in [7, 11) is 0. The van der Waals surface area contributed by atoms with E-state index in [4.69, 9.17) is 4.42 Å². The fourth-order valence-corrected chi connectivity index (χ4v) is 4.51. The van der Waals surface area contributed by atoms with Gasteiger partial charge in [-0.05, 0) is 37.1 Å². The lowest BCUT2D eigenvalue weighted by Crippen LogP contribution is -2.40. The Morgan fingerprint density at radius 1 is 1.25 bits per heavy atom. The predicted octanol–water partition coefficient (Wildman–Crippen LogP) is 3.39. The quantitative estimate of drug-likeness (QED) is 0.531. The maximum absolute atomic E-state index is 12.9. The minimum Gasteiger partial charge on any atom is -0.462 e. The molecule has 0 unspecified atom stereocenters. The lowest BCUT2D eigenvalue weighted by Gasteiger charge is -2.32. The number of furan rings is 1. The number of carbonyl (C=O) groups excluding carboxylic acids is 1. The predicted molar refractivity (Wildman–Crippen MR) is 105 cm³/mol. The Balaban J connectivity index is 1.29. The molecule has 28 heavy (non-hydrogen) atoms. The number of likely N-dealkylation sites (tertiary alicyclic amines) is 1. The molecule has 7 nitrogen and oxygen atoms in total. The van der Waals surface area contributed by atoms with Gasteiger partial charge in [0.05, 0.1) is 18.4 Å². The largest absolute Gasteiger partial charge is 0.462 e. The lowest BCUT2D eigenvalue weighted by atomic mass is 9.97. The van der Waals surface area contributed by atoms with Crippen molar-refractivity contribution in [1.82, 2.24) is 24.5 Å². The summed E-state index contributed by atoms with van der Waals surface area (Å²) in [6, 6.07) is 9.59. The highest BCUT2D eigenvalue weighted by molar-refractivity contribution is 7.13. The topological polar surface area (TPSA) is 76.5 Å². The van der Waals surface area contributed by atoms with Crippen LogP contribution in [0.25, 0.3) is 16.4 Å². The highest BCUT2D eigenvalue weighted by Gasteiger charge is 2.28. The van der Waals surface area contributed by atoms with Gasteiger partial charge in [-0.25, -0.2) is 4.98 Å². The molecule has 142 valence electrons. The first-order chi connectivity index (χ1) is 13.8. The first-order valence-electron chi connectivity index (χ1n) is 9.33. The molecule has 1 saturated heterocycles. The molecule has 0 N–H and O–H groups in total. The van der Waals surface area contributed by atoms with Crippen molar-refractivity contribution in [1.29, 1.82) is 0 Å². The first kappa shape index (κ1) is 17.1. The van der Waals surface area contributed by atoms with Gasteiger partial charge in [-0.2, -0.15) is 0 Å². The lowest BCUT2D eigenvalue weighted by molar-refractivity contribution is -0.131. The standard InChI is InChI=1S/C20H19N5O2S/c26-18(11-15-13-28-20(21-15)16-6-4-10-27-16)24-8-3-5-14(12-24)19-23-22-17-7-1-2-9-25(17)19/h1-2,4,6-7,9-10,13-14H,3,5,8,11-12H2/t14-/m1/s1. The second-order valence-corrected chi connectivity index (χ2v) is 7.82. The highest BCUT2D eigenvalue weighted by atomic mass is 32.1. The zero-order chi connectivity index (χ0) is 18.9. The summed E-state index contributed by atoms with van der Waals surface area (Å²) in [6.45, 7) is 1.45. The highest BCUT2D eigenvalue weighted by Crippen LogP contribution is 2.27. The van der Waals surface area contributed by atoms with Gasteiger partial charge in [-0.3, -0.25) is 9.20 Å². The molecular formula is C20H19N5O2S. The van der Waals surface area contributed by atoms with Gasteiger partial charge in [0.1, 0.15) is 5.82 Å². The van der Waals surface area contributed by atoms with Crippen molar-refractivity contribution in [2.45, 2.75) is 25.2 Å². The number of carbonyl (C=O) groups is 1. The molecule has 4 aromatic rings. The zero-order valence-corrected chi connectivity index (χ0v) is 16.0. The second-order valence-electron chi connectivity index (χ2n) is 6.96. The Morgan fingerprint density at radius 2 is 2.21 bits per heavy atom. The SMILES string of the molecule is O=C(Cc1csc(-c2ccco2)n1)N1CCC[C@@H](c2nnc3ccccn23)C1. The van der Waals surface area contributed by atoms with Crippen LogP contribution in [0.15, 0.2) is 52.6 Å². The van der Waals surface area contributed by atoms with Crippen LogP contribution in [0.5, 0.6) is 0 Å².